The molecule has 2 heterocycles. The highest BCUT2D eigenvalue weighted by atomic mass is 32.2. The van der Waals surface area contributed by atoms with Crippen LogP contribution in [-0.4, -0.2) is 23.2 Å². The highest BCUT2D eigenvalue weighted by molar-refractivity contribution is 8.03. The van der Waals surface area contributed by atoms with Crippen molar-refractivity contribution in [2.24, 2.45) is 0 Å². The van der Waals surface area contributed by atoms with Crippen LogP contribution in [0.15, 0.2) is 28.1 Å². The van der Waals surface area contributed by atoms with Gasteiger partial charge in [-0.1, -0.05) is 6.07 Å². The lowest BCUT2D eigenvalue weighted by Gasteiger charge is -2.03. The number of ether oxygens (including phenoxy) is 1. The predicted octanol–water partition coefficient (Wildman–Crippen LogP) is 3.28. The van der Waals surface area contributed by atoms with Crippen molar-refractivity contribution >= 4 is 35.0 Å². The second-order valence-electron chi connectivity index (χ2n) is 3.87. The number of fused-ring (bicyclic) bond motifs is 1. The minimum absolute atomic E-state index is 0.251. The highest BCUT2D eigenvalue weighted by Gasteiger charge is 2.26. The average Bonchev–Trinajstić information content (AvgIpc) is 2.81. The first kappa shape index (κ1) is 15.3. The summed E-state index contributed by atoms with van der Waals surface area (Å²) >= 11 is 2.25. The van der Waals surface area contributed by atoms with Crippen molar-refractivity contribution in [2.75, 3.05) is 12.9 Å². The number of pyridine rings is 1. The standard InChI is InChI=1S/C14H11N3O2S2/c1-3-19-14(18)11-12(20-2)10-6-4-5-9(7-15)17(10)13(11)21-8-16/h4-6H,3H2,1-2H3. The van der Waals surface area contributed by atoms with Gasteiger partial charge in [0.2, 0.25) is 0 Å². The molecule has 0 aliphatic carbocycles. The van der Waals surface area contributed by atoms with Gasteiger partial charge in [-0.2, -0.15) is 10.5 Å². The molecule has 2 aromatic rings. The van der Waals surface area contributed by atoms with Crippen LogP contribution in [0, 0.1) is 22.0 Å². The van der Waals surface area contributed by atoms with Crippen molar-refractivity contribution in [3.63, 3.8) is 0 Å². The minimum Gasteiger partial charge on any atom is -0.462 e. The number of aromatic nitrogens is 1. The Morgan fingerprint density at radius 1 is 1.43 bits per heavy atom. The third-order valence-electron chi connectivity index (χ3n) is 2.81. The van der Waals surface area contributed by atoms with Crippen molar-refractivity contribution in [1.82, 2.24) is 4.40 Å². The summed E-state index contributed by atoms with van der Waals surface area (Å²) < 4.78 is 6.72. The van der Waals surface area contributed by atoms with Crippen LogP contribution in [-0.2, 0) is 4.74 Å². The van der Waals surface area contributed by atoms with Crippen LogP contribution in [0.5, 0.6) is 0 Å². The summed E-state index contributed by atoms with van der Waals surface area (Å²) in [6, 6.07) is 7.30. The van der Waals surface area contributed by atoms with E-state index >= 15 is 0 Å². The number of nitrogens with zero attached hydrogens (tertiary/aromatic N) is 3. The fraction of sp³-hybridized carbons (Fsp3) is 0.214. The Bertz CT molecular complexity index is 784. The Hall–Kier alpha value is -2.09. The number of nitriles is 2. The molecule has 7 heteroatoms. The summed E-state index contributed by atoms with van der Waals surface area (Å²) in [6.45, 7) is 1.98. The number of hydrogen-bond donors (Lipinski definition) is 0. The Morgan fingerprint density at radius 2 is 2.19 bits per heavy atom. The molecule has 0 aliphatic heterocycles. The lowest BCUT2D eigenvalue weighted by atomic mass is 10.3. The summed E-state index contributed by atoms with van der Waals surface area (Å²) in [5.41, 5.74) is 1.44. The molecule has 106 valence electrons. The van der Waals surface area contributed by atoms with Crippen LogP contribution in [0.25, 0.3) is 5.52 Å². The molecule has 0 aliphatic rings. The van der Waals surface area contributed by atoms with E-state index < -0.39 is 5.97 Å². The van der Waals surface area contributed by atoms with Crippen LogP contribution < -0.4 is 0 Å². The van der Waals surface area contributed by atoms with E-state index in [1.807, 2.05) is 17.7 Å². The molecule has 0 amide bonds. The van der Waals surface area contributed by atoms with Gasteiger partial charge in [-0.15, -0.1) is 11.8 Å². The van der Waals surface area contributed by atoms with Gasteiger partial charge < -0.3 is 4.74 Å². The molecule has 0 aromatic carbocycles. The van der Waals surface area contributed by atoms with Gasteiger partial charge in [-0.3, -0.25) is 4.40 Å². The molecule has 0 atom stereocenters. The van der Waals surface area contributed by atoms with E-state index in [2.05, 4.69) is 6.07 Å². The number of thiocyanates is 1. The fourth-order valence-electron chi connectivity index (χ4n) is 2.06. The number of thioether (sulfide) groups is 2. The van der Waals surface area contributed by atoms with Crippen molar-refractivity contribution in [2.45, 2.75) is 16.8 Å². The number of esters is 1. The zero-order valence-corrected chi connectivity index (χ0v) is 13.0. The van der Waals surface area contributed by atoms with Gasteiger partial charge in [0.1, 0.15) is 27.8 Å². The van der Waals surface area contributed by atoms with Gasteiger partial charge in [-0.05, 0) is 25.3 Å². The molecule has 0 saturated heterocycles. The van der Waals surface area contributed by atoms with Crippen LogP contribution in [0.3, 0.4) is 0 Å². The smallest absolute Gasteiger partial charge is 0.342 e. The predicted molar refractivity (Wildman–Crippen MR) is 81.3 cm³/mol. The molecule has 0 N–H and O–H groups in total. The SMILES string of the molecule is CCOC(=O)c1c(SC)c2cccc(C#N)n2c1SC#N. The molecule has 0 bridgehead atoms. The third-order valence-corrected chi connectivity index (χ3v) is 4.30. The fourth-order valence-corrected chi connectivity index (χ4v) is 3.54. The van der Waals surface area contributed by atoms with Gasteiger partial charge >= 0.3 is 5.97 Å². The van der Waals surface area contributed by atoms with E-state index in [1.54, 1.807) is 23.5 Å². The van der Waals surface area contributed by atoms with Crippen molar-refractivity contribution in [3.05, 3.63) is 29.5 Å². The molecule has 2 rings (SSSR count). The third kappa shape index (κ3) is 2.58. The first-order valence-electron chi connectivity index (χ1n) is 6.04. The maximum Gasteiger partial charge on any atom is 0.342 e. The van der Waals surface area contributed by atoms with Gasteiger partial charge in [-0.25, -0.2) is 4.79 Å². The molecule has 2 aromatic heterocycles. The lowest BCUT2D eigenvalue weighted by molar-refractivity contribution is 0.0518. The number of carbonyl (C=O) groups excluding carboxylic acids is 1. The van der Waals surface area contributed by atoms with E-state index in [9.17, 15) is 10.1 Å². The largest absolute Gasteiger partial charge is 0.462 e. The van der Waals surface area contributed by atoms with E-state index in [1.165, 1.54) is 11.8 Å². The monoisotopic (exact) mass is 317 g/mol. The Balaban J connectivity index is 2.89. The topological polar surface area (TPSA) is 78.3 Å². The number of rotatable bonds is 4. The Labute approximate surface area is 130 Å². The number of hydrogen-bond acceptors (Lipinski definition) is 6. The highest BCUT2D eigenvalue weighted by Crippen LogP contribution is 2.37. The van der Waals surface area contributed by atoms with E-state index in [0.29, 0.717) is 21.2 Å². The Kier molecular flexibility index (Phi) is 4.79. The zero-order chi connectivity index (χ0) is 15.4. The van der Waals surface area contributed by atoms with Crippen LogP contribution in [0.2, 0.25) is 0 Å². The van der Waals surface area contributed by atoms with Crippen molar-refractivity contribution in [1.29, 1.82) is 10.5 Å². The number of carbonyl (C=O) groups is 1. The summed E-state index contributed by atoms with van der Waals surface area (Å²) in [5.74, 6) is -0.479. The maximum atomic E-state index is 12.2. The molecule has 0 spiro atoms. The molecule has 0 unspecified atom stereocenters. The van der Waals surface area contributed by atoms with E-state index in [-0.39, 0.29) is 6.61 Å². The minimum atomic E-state index is -0.479. The Morgan fingerprint density at radius 3 is 2.76 bits per heavy atom. The molecule has 21 heavy (non-hydrogen) atoms. The summed E-state index contributed by atoms with van der Waals surface area (Å²) in [4.78, 5) is 12.9. The molecule has 0 radical (unpaired) electrons. The zero-order valence-electron chi connectivity index (χ0n) is 11.4. The molecule has 0 fully saturated rings. The molecule has 0 saturated carbocycles. The van der Waals surface area contributed by atoms with Gasteiger partial charge in [0.05, 0.1) is 12.1 Å². The van der Waals surface area contributed by atoms with Gasteiger partial charge in [0, 0.05) is 16.7 Å². The first-order chi connectivity index (χ1) is 10.2. The maximum absolute atomic E-state index is 12.2. The second-order valence-corrected chi connectivity index (χ2v) is 5.46. The summed E-state index contributed by atoms with van der Waals surface area (Å²) in [6.07, 6.45) is 1.85. The van der Waals surface area contributed by atoms with E-state index in [4.69, 9.17) is 10.00 Å². The van der Waals surface area contributed by atoms with Crippen LogP contribution in [0.1, 0.15) is 23.0 Å². The average molecular weight is 317 g/mol. The second kappa shape index (κ2) is 6.57. The molecular weight excluding hydrogens is 306 g/mol. The van der Waals surface area contributed by atoms with Crippen molar-refractivity contribution < 1.29 is 9.53 Å². The first-order valence-corrected chi connectivity index (χ1v) is 8.08. The van der Waals surface area contributed by atoms with Crippen LogP contribution in [0.4, 0.5) is 0 Å². The normalized spacial score (nSPS) is 10.1. The molecular formula is C14H11N3O2S2. The molecule has 5 nitrogen and oxygen atoms in total. The van der Waals surface area contributed by atoms with Gasteiger partial charge in [0.15, 0.2) is 0 Å². The lowest BCUT2D eigenvalue weighted by Crippen LogP contribution is -2.06. The summed E-state index contributed by atoms with van der Waals surface area (Å²) in [5, 5.41) is 20.7. The quantitative estimate of drug-likeness (QED) is 0.489. The van der Waals surface area contributed by atoms with Gasteiger partial charge in [0.25, 0.3) is 0 Å². The van der Waals surface area contributed by atoms with Crippen molar-refractivity contribution in [3.8, 4) is 11.5 Å². The summed E-state index contributed by atoms with van der Waals surface area (Å²) in [7, 11) is 0. The van der Waals surface area contributed by atoms with E-state index in [0.717, 1.165) is 17.3 Å². The van der Waals surface area contributed by atoms with Crippen LogP contribution >= 0.6 is 23.5 Å².